The van der Waals surface area contributed by atoms with Crippen LogP contribution < -0.4 is 11.1 Å². The first kappa shape index (κ1) is 23.4. The van der Waals surface area contributed by atoms with Gasteiger partial charge >= 0.3 is 5.82 Å². The summed E-state index contributed by atoms with van der Waals surface area (Å²) in [7, 11) is 1.79. The molecule has 0 spiro atoms. The molecule has 0 aromatic carbocycles. The predicted molar refractivity (Wildman–Crippen MR) is 123 cm³/mol. The van der Waals surface area contributed by atoms with Gasteiger partial charge in [-0.25, -0.2) is 0 Å². The number of carbonyl (C=O) groups is 1. The first-order valence-electron chi connectivity index (χ1n) is 11.5. The Labute approximate surface area is 201 Å². The molecule has 13 nitrogen and oxygen atoms in total. The van der Waals surface area contributed by atoms with Crippen LogP contribution in [0.1, 0.15) is 24.1 Å². The normalized spacial score (nSPS) is 27.0. The number of likely N-dealkylation sites (tertiary alicyclic amines) is 1. The molecule has 2 fully saturated rings. The van der Waals surface area contributed by atoms with E-state index in [0.717, 1.165) is 25.9 Å². The van der Waals surface area contributed by atoms with Crippen molar-refractivity contribution < 1.29 is 29.4 Å². The fourth-order valence-electron chi connectivity index (χ4n) is 4.72. The van der Waals surface area contributed by atoms with Gasteiger partial charge < -0.3 is 36.0 Å². The van der Waals surface area contributed by atoms with E-state index in [1.807, 2.05) is 0 Å². The van der Waals surface area contributed by atoms with Crippen molar-refractivity contribution in [3.05, 3.63) is 36.0 Å². The van der Waals surface area contributed by atoms with Crippen molar-refractivity contribution in [3.8, 4) is 0 Å². The van der Waals surface area contributed by atoms with E-state index in [9.17, 15) is 15.0 Å². The molecule has 186 valence electrons. The number of aliphatic hydroxyl groups is 3. The number of fused-ring (bicyclic) bond motifs is 1. The number of nitrogens with zero attached hydrogens (tertiary/aromatic N) is 6. The molecular weight excluding hydrogens is 456 g/mol. The summed E-state index contributed by atoms with van der Waals surface area (Å²) in [5.41, 5.74) is 7.90. The van der Waals surface area contributed by atoms with Crippen LogP contribution in [0.5, 0.6) is 0 Å². The average Bonchev–Trinajstić information content (AvgIpc) is 3.52. The largest absolute Gasteiger partial charge is 0.447 e. The number of hydrogen-bond donors (Lipinski definition) is 5. The Morgan fingerprint density at radius 3 is 2.77 bits per heavy atom. The van der Waals surface area contributed by atoms with Gasteiger partial charge in [-0.2, -0.15) is 14.7 Å². The van der Waals surface area contributed by atoms with Gasteiger partial charge in [0.25, 0.3) is 11.8 Å². The summed E-state index contributed by atoms with van der Waals surface area (Å²) < 4.78 is 8.96. The van der Waals surface area contributed by atoms with E-state index in [1.54, 1.807) is 30.2 Å². The maximum atomic E-state index is 13.0. The summed E-state index contributed by atoms with van der Waals surface area (Å²) in [6.45, 7) is 2.22. The molecule has 3 aliphatic rings. The zero-order valence-corrected chi connectivity index (χ0v) is 19.3. The van der Waals surface area contributed by atoms with Crippen LogP contribution in [0.2, 0.25) is 0 Å². The van der Waals surface area contributed by atoms with E-state index >= 15 is 0 Å². The van der Waals surface area contributed by atoms with Gasteiger partial charge in [0, 0.05) is 38.9 Å². The summed E-state index contributed by atoms with van der Waals surface area (Å²) in [6.07, 6.45) is 1.97. The minimum atomic E-state index is -1.46. The zero-order chi connectivity index (χ0) is 24.7. The third-order valence-corrected chi connectivity index (χ3v) is 6.58. The molecule has 0 bridgehead atoms. The maximum absolute atomic E-state index is 13.0. The smallest absolute Gasteiger partial charge is 0.344 e. The molecule has 0 radical (unpaired) electrons. The van der Waals surface area contributed by atoms with Gasteiger partial charge in [-0.3, -0.25) is 9.48 Å². The van der Waals surface area contributed by atoms with E-state index in [1.165, 1.54) is 10.9 Å². The number of rotatable bonds is 5. The second-order valence-electron chi connectivity index (χ2n) is 8.91. The van der Waals surface area contributed by atoms with Gasteiger partial charge in [0.15, 0.2) is 6.10 Å². The summed E-state index contributed by atoms with van der Waals surface area (Å²) in [5, 5.41) is 37.9. The number of aromatic nitrogens is 4. The molecule has 0 unspecified atom stereocenters. The van der Waals surface area contributed by atoms with Crippen molar-refractivity contribution in [2.75, 3.05) is 32.0 Å². The lowest BCUT2D eigenvalue weighted by atomic mass is 10.0. The second-order valence-corrected chi connectivity index (χ2v) is 8.91. The van der Waals surface area contributed by atoms with Crippen LogP contribution in [0, 0.1) is 0 Å². The highest BCUT2D eigenvalue weighted by atomic mass is 16.5. The molecule has 2 saturated heterocycles. The molecule has 0 saturated carbocycles. The van der Waals surface area contributed by atoms with Crippen LogP contribution in [0.4, 0.5) is 11.6 Å². The van der Waals surface area contributed by atoms with E-state index in [4.69, 9.17) is 15.6 Å². The molecule has 3 aliphatic heterocycles. The van der Waals surface area contributed by atoms with Gasteiger partial charge in [-0.15, -0.1) is 0 Å². The van der Waals surface area contributed by atoms with Crippen LogP contribution in [0.25, 0.3) is 5.57 Å². The molecular formula is C22H29N8O5+. The molecule has 35 heavy (non-hydrogen) atoms. The van der Waals surface area contributed by atoms with Crippen LogP contribution in [0.15, 0.2) is 24.8 Å². The first-order valence-corrected chi connectivity index (χ1v) is 11.5. The van der Waals surface area contributed by atoms with Gasteiger partial charge in [-0.1, -0.05) is 0 Å². The summed E-state index contributed by atoms with van der Waals surface area (Å²) in [6, 6.07) is 1.73. The Morgan fingerprint density at radius 2 is 2.09 bits per heavy atom. The Hall–Kier alpha value is -3.39. The number of nitrogen functional groups attached to an aromatic ring is 1. The van der Waals surface area contributed by atoms with Crippen LogP contribution in [-0.2, 0) is 16.6 Å². The molecule has 5 heterocycles. The fourth-order valence-corrected chi connectivity index (χ4v) is 4.72. The highest BCUT2D eigenvalue weighted by molar-refractivity contribution is 5.93. The molecule has 2 aromatic rings. The Morgan fingerprint density at radius 1 is 1.31 bits per heavy atom. The minimum Gasteiger partial charge on any atom is -0.447 e. The number of β-amino-alcohol motifs (C(OH)–C–C–N with tert-alkyl or cyclic N) is 1. The lowest BCUT2D eigenvalue weighted by molar-refractivity contribution is -0.375. The van der Waals surface area contributed by atoms with Crippen LogP contribution in [-0.4, -0.2) is 107 Å². The van der Waals surface area contributed by atoms with Gasteiger partial charge in [0.05, 0.1) is 17.9 Å². The van der Waals surface area contributed by atoms with Crippen molar-refractivity contribution >= 4 is 29.0 Å². The average molecular weight is 486 g/mol. The second kappa shape index (κ2) is 9.34. The Kier molecular flexibility index (Phi) is 6.23. The standard InChI is InChI=1S/C22H28N8O5/c1-28-5-4-14(27-28)13-10-30(20-15(13)19(23)24-11-25-20)22-17(33)16(32)18(35-22)21(34)26-12-2-6-29(7-3-12)8-9-31/h4-5,10-12,16-18,31-33H,2-3,6-9H2,1H3,(H2-,23,24,25,26,34)/p+1/t16-,17+,18-/m0/s1. The fraction of sp³-hybridized carbons (Fsp3) is 0.500. The monoisotopic (exact) mass is 485 g/mol. The van der Waals surface area contributed by atoms with E-state index < -0.39 is 24.2 Å². The lowest BCUT2D eigenvalue weighted by Gasteiger charge is -2.32. The minimum absolute atomic E-state index is 0.0271. The number of anilines is 1. The number of ether oxygens (including phenoxy) is 1. The maximum Gasteiger partial charge on any atom is 0.344 e. The van der Waals surface area contributed by atoms with E-state index in [-0.39, 0.29) is 24.4 Å². The molecule has 6 N–H and O–H groups in total. The highest BCUT2D eigenvalue weighted by Gasteiger charge is 2.50. The molecule has 2 aromatic heterocycles. The first-order chi connectivity index (χ1) is 16.9. The summed E-state index contributed by atoms with van der Waals surface area (Å²) in [4.78, 5) is 23.5. The number of carbonyl (C=O) groups excluding carboxylic acids is 1. The number of amides is 1. The van der Waals surface area contributed by atoms with Crippen molar-refractivity contribution in [2.24, 2.45) is 7.05 Å². The molecule has 3 atom stereocenters. The van der Waals surface area contributed by atoms with Gasteiger partial charge in [0.1, 0.15) is 23.7 Å². The molecule has 13 heteroatoms. The molecule has 1 amide bonds. The van der Waals surface area contributed by atoms with Gasteiger partial charge in [0.2, 0.25) is 12.4 Å². The summed E-state index contributed by atoms with van der Waals surface area (Å²) >= 11 is 0. The third-order valence-electron chi connectivity index (χ3n) is 6.58. The van der Waals surface area contributed by atoms with Crippen molar-refractivity contribution in [2.45, 2.75) is 37.2 Å². The van der Waals surface area contributed by atoms with Crippen molar-refractivity contribution in [1.82, 2.24) is 30.0 Å². The quantitative estimate of drug-likeness (QED) is 0.296. The summed E-state index contributed by atoms with van der Waals surface area (Å²) in [5.74, 6) is 0.0602. The number of nitrogens with two attached hydrogens (primary N) is 1. The SMILES string of the molecule is Cn1ccc(C2=C[N+](=C3O[C@H](C(=O)NC4CCN(CCO)CC4)[C@@H](O)[C@H]3O)c3ncnc(N)c32)n1. The number of aryl methyl sites for hydroxylation is 1. The zero-order valence-electron chi connectivity index (χ0n) is 19.3. The topological polar surface area (TPSA) is 175 Å². The molecule has 5 rings (SSSR count). The Balaban J connectivity index is 1.40. The predicted octanol–water partition coefficient (Wildman–Crippen LogP) is -2.07. The third kappa shape index (κ3) is 4.27. The van der Waals surface area contributed by atoms with Crippen molar-refractivity contribution in [3.63, 3.8) is 0 Å². The van der Waals surface area contributed by atoms with Crippen LogP contribution in [0.3, 0.4) is 0 Å². The number of nitrogens with one attached hydrogen (secondary N) is 1. The number of hydrogen-bond acceptors (Lipinski definition) is 10. The van der Waals surface area contributed by atoms with Crippen LogP contribution >= 0.6 is 0 Å². The lowest BCUT2D eigenvalue weighted by Crippen LogP contribution is -2.50. The Bertz CT molecular complexity index is 1190. The number of aliphatic hydroxyl groups excluding tert-OH is 3. The molecule has 0 aliphatic carbocycles. The van der Waals surface area contributed by atoms with Crippen molar-refractivity contribution in [1.29, 1.82) is 0 Å². The number of piperidine rings is 1. The van der Waals surface area contributed by atoms with E-state index in [2.05, 4.69) is 25.3 Å². The van der Waals surface area contributed by atoms with E-state index in [0.29, 0.717) is 29.2 Å². The van der Waals surface area contributed by atoms with Gasteiger partial charge in [-0.05, 0) is 23.9 Å². The highest BCUT2D eigenvalue weighted by Crippen LogP contribution is 2.39.